The summed E-state index contributed by atoms with van der Waals surface area (Å²) in [5.41, 5.74) is 2.31. The third-order valence-electron chi connectivity index (χ3n) is 3.68. The summed E-state index contributed by atoms with van der Waals surface area (Å²) in [5, 5.41) is 10.5. The van der Waals surface area contributed by atoms with Crippen LogP contribution in [0.3, 0.4) is 0 Å². The van der Waals surface area contributed by atoms with Gasteiger partial charge in [0.25, 0.3) is 0 Å². The Hall–Kier alpha value is -1.77. The van der Waals surface area contributed by atoms with Crippen LogP contribution in [-0.4, -0.2) is 15.6 Å². The first-order chi connectivity index (χ1) is 8.37. The third kappa shape index (κ3) is 1.80. The monoisotopic (exact) mass is 245 g/mol. The third-order valence-corrected chi connectivity index (χ3v) is 3.68. The van der Waals surface area contributed by atoms with Crippen molar-refractivity contribution in [3.8, 4) is 0 Å². The molecule has 0 aliphatic carbocycles. The molecule has 1 N–H and O–H groups in total. The number of hydrogen-bond acceptors (Lipinski definition) is 1. The summed E-state index contributed by atoms with van der Waals surface area (Å²) in [7, 11) is 0. The fourth-order valence-electron chi connectivity index (χ4n) is 2.32. The second-order valence-corrected chi connectivity index (χ2v) is 5.23. The molecule has 0 spiro atoms. The number of nitrogens with zero attached hydrogens (tertiary/aromatic N) is 1. The van der Waals surface area contributed by atoms with Gasteiger partial charge in [-0.15, -0.1) is 0 Å². The highest BCUT2D eigenvalue weighted by Gasteiger charge is 2.29. The number of carboxylic acids is 1. The molecule has 2 aromatic rings. The van der Waals surface area contributed by atoms with Crippen LogP contribution in [0.5, 0.6) is 0 Å². The minimum Gasteiger partial charge on any atom is -0.481 e. The normalized spacial score (nSPS) is 12.0. The van der Waals surface area contributed by atoms with Crippen LogP contribution < -0.4 is 0 Å². The van der Waals surface area contributed by atoms with Crippen LogP contribution in [0, 0.1) is 6.92 Å². The molecule has 0 aliphatic rings. The molecule has 18 heavy (non-hydrogen) atoms. The van der Waals surface area contributed by atoms with Gasteiger partial charge in [0.2, 0.25) is 0 Å². The van der Waals surface area contributed by atoms with Crippen LogP contribution in [-0.2, 0) is 16.8 Å². The number of carbonyl (C=O) groups is 1. The van der Waals surface area contributed by atoms with Gasteiger partial charge in [-0.05, 0) is 50.8 Å². The van der Waals surface area contributed by atoms with Crippen molar-refractivity contribution >= 4 is 16.9 Å². The maximum atomic E-state index is 11.3. The van der Waals surface area contributed by atoms with E-state index in [1.54, 1.807) is 13.8 Å². The summed E-state index contributed by atoms with van der Waals surface area (Å²) < 4.78 is 2.21. The second-order valence-electron chi connectivity index (χ2n) is 5.23. The van der Waals surface area contributed by atoms with E-state index in [9.17, 15) is 9.90 Å². The van der Waals surface area contributed by atoms with Crippen molar-refractivity contribution in [2.24, 2.45) is 0 Å². The zero-order valence-corrected chi connectivity index (χ0v) is 11.3. The fraction of sp³-hybridized carbons (Fsp3) is 0.400. The first-order valence-corrected chi connectivity index (χ1v) is 6.21. The summed E-state index contributed by atoms with van der Waals surface area (Å²) in [6.07, 6.45) is 0. The van der Waals surface area contributed by atoms with E-state index < -0.39 is 11.4 Å². The molecule has 1 heterocycles. The Kier molecular flexibility index (Phi) is 2.93. The highest BCUT2D eigenvalue weighted by atomic mass is 16.4. The number of carboxylic acid groups (broad SMARTS) is 1. The van der Waals surface area contributed by atoms with E-state index >= 15 is 0 Å². The Balaban J connectivity index is 2.66. The van der Waals surface area contributed by atoms with Gasteiger partial charge in [-0.3, -0.25) is 4.79 Å². The zero-order valence-electron chi connectivity index (χ0n) is 11.3. The molecule has 1 aromatic heterocycles. The van der Waals surface area contributed by atoms with E-state index in [1.165, 1.54) is 11.1 Å². The average Bonchev–Trinajstić information content (AvgIpc) is 2.62. The maximum Gasteiger partial charge on any atom is 0.313 e. The van der Waals surface area contributed by atoms with E-state index in [2.05, 4.69) is 24.5 Å². The molecule has 0 saturated carbocycles. The van der Waals surface area contributed by atoms with Crippen molar-refractivity contribution in [1.29, 1.82) is 0 Å². The average molecular weight is 245 g/mol. The first-order valence-electron chi connectivity index (χ1n) is 6.21. The van der Waals surface area contributed by atoms with Crippen molar-refractivity contribution in [1.82, 2.24) is 4.57 Å². The van der Waals surface area contributed by atoms with Gasteiger partial charge in [-0.2, -0.15) is 0 Å². The smallest absolute Gasteiger partial charge is 0.313 e. The van der Waals surface area contributed by atoms with Gasteiger partial charge in [0.05, 0.1) is 5.41 Å². The Morgan fingerprint density at radius 1 is 1.33 bits per heavy atom. The second kappa shape index (κ2) is 4.16. The quantitative estimate of drug-likeness (QED) is 0.901. The molecule has 0 fully saturated rings. The molecule has 0 aliphatic heterocycles. The zero-order chi connectivity index (χ0) is 13.5. The van der Waals surface area contributed by atoms with Crippen molar-refractivity contribution in [3.05, 3.63) is 35.5 Å². The number of benzene rings is 1. The molecule has 96 valence electrons. The molecule has 0 atom stereocenters. The Bertz CT molecular complexity index is 608. The number of rotatable bonds is 3. The highest BCUT2D eigenvalue weighted by Crippen LogP contribution is 2.28. The number of hydrogen-bond donors (Lipinski definition) is 1. The minimum absolute atomic E-state index is 0.798. The van der Waals surface area contributed by atoms with E-state index in [0.717, 1.165) is 17.6 Å². The summed E-state index contributed by atoms with van der Waals surface area (Å²) in [5.74, 6) is -0.798. The number of fused-ring (bicyclic) bond motifs is 1. The Morgan fingerprint density at radius 2 is 2.00 bits per heavy atom. The van der Waals surface area contributed by atoms with E-state index in [-0.39, 0.29) is 0 Å². The van der Waals surface area contributed by atoms with Gasteiger partial charge < -0.3 is 9.67 Å². The van der Waals surface area contributed by atoms with E-state index in [0.29, 0.717) is 0 Å². The van der Waals surface area contributed by atoms with Crippen LogP contribution >= 0.6 is 0 Å². The maximum absolute atomic E-state index is 11.3. The predicted octanol–water partition coefficient (Wildman–Crippen LogP) is 3.33. The molecule has 3 nitrogen and oxygen atoms in total. The predicted molar refractivity (Wildman–Crippen MR) is 73.0 cm³/mol. The molecule has 3 heteroatoms. The van der Waals surface area contributed by atoms with Crippen molar-refractivity contribution in [2.45, 2.75) is 39.7 Å². The minimum atomic E-state index is -0.856. The van der Waals surface area contributed by atoms with Crippen LogP contribution in [0.25, 0.3) is 10.9 Å². The van der Waals surface area contributed by atoms with Gasteiger partial charge in [-0.1, -0.05) is 12.1 Å². The van der Waals surface area contributed by atoms with Crippen LogP contribution in [0.1, 0.15) is 32.0 Å². The molecular formula is C15H19NO2. The lowest BCUT2D eigenvalue weighted by Crippen LogP contribution is -2.28. The molecule has 0 amide bonds. The van der Waals surface area contributed by atoms with Gasteiger partial charge >= 0.3 is 5.97 Å². The largest absolute Gasteiger partial charge is 0.481 e. The lowest BCUT2D eigenvalue weighted by molar-refractivity contribution is -0.142. The first kappa shape index (κ1) is 12.7. The standard InChI is InChI=1S/C15H19NO2/c1-5-16-10(2)8-11-6-7-12(9-13(11)16)15(3,4)14(17)18/h6-9H,5H2,1-4H3,(H,17,18). The molecule has 2 rings (SSSR count). The van der Waals surface area contributed by atoms with E-state index in [1.807, 2.05) is 18.2 Å². The molecule has 0 unspecified atom stereocenters. The topological polar surface area (TPSA) is 42.2 Å². The van der Waals surface area contributed by atoms with Crippen LogP contribution in [0.4, 0.5) is 0 Å². The molecular weight excluding hydrogens is 226 g/mol. The lowest BCUT2D eigenvalue weighted by atomic mass is 9.84. The van der Waals surface area contributed by atoms with Gasteiger partial charge in [0.1, 0.15) is 0 Å². The molecule has 0 saturated heterocycles. The van der Waals surface area contributed by atoms with Gasteiger partial charge in [0.15, 0.2) is 0 Å². The lowest BCUT2D eigenvalue weighted by Gasteiger charge is -2.20. The summed E-state index contributed by atoms with van der Waals surface area (Å²) in [6.45, 7) is 8.55. The fourth-order valence-corrected chi connectivity index (χ4v) is 2.32. The molecule has 0 bridgehead atoms. The SMILES string of the molecule is CCn1c(C)cc2ccc(C(C)(C)C(=O)O)cc21. The van der Waals surface area contributed by atoms with Gasteiger partial charge in [0, 0.05) is 17.8 Å². The van der Waals surface area contributed by atoms with Crippen molar-refractivity contribution in [3.63, 3.8) is 0 Å². The summed E-state index contributed by atoms with van der Waals surface area (Å²) in [4.78, 5) is 11.3. The Labute approximate surface area is 107 Å². The highest BCUT2D eigenvalue weighted by molar-refractivity contribution is 5.86. The molecule has 1 aromatic carbocycles. The molecule has 0 radical (unpaired) electrons. The number of aryl methyl sites for hydroxylation is 2. The number of aliphatic carboxylic acids is 1. The van der Waals surface area contributed by atoms with Crippen LogP contribution in [0.15, 0.2) is 24.3 Å². The van der Waals surface area contributed by atoms with Crippen LogP contribution in [0.2, 0.25) is 0 Å². The van der Waals surface area contributed by atoms with Crippen molar-refractivity contribution in [2.75, 3.05) is 0 Å². The summed E-state index contributed by atoms with van der Waals surface area (Å²) >= 11 is 0. The van der Waals surface area contributed by atoms with Gasteiger partial charge in [-0.25, -0.2) is 0 Å². The summed E-state index contributed by atoms with van der Waals surface area (Å²) in [6, 6.07) is 8.06. The Morgan fingerprint density at radius 3 is 2.56 bits per heavy atom. The van der Waals surface area contributed by atoms with Crippen molar-refractivity contribution < 1.29 is 9.90 Å². The van der Waals surface area contributed by atoms with E-state index in [4.69, 9.17) is 0 Å². The number of aromatic nitrogens is 1.